The maximum Gasteiger partial charge on any atom is 0.0829 e. The molecule has 2 aliphatic rings. The van der Waals surface area contributed by atoms with Crippen LogP contribution in [0.2, 0.25) is 0 Å². The Morgan fingerprint density at radius 1 is 0.692 bits per heavy atom. The Morgan fingerprint density at radius 2 is 1.15 bits per heavy atom. The molecule has 13 heavy (non-hydrogen) atoms. The van der Waals surface area contributed by atoms with E-state index in [1.807, 2.05) is 0 Å². The topological polar surface area (TPSA) is 40.5 Å². The van der Waals surface area contributed by atoms with Gasteiger partial charge in [-0.1, -0.05) is 19.3 Å². The van der Waals surface area contributed by atoms with Crippen molar-refractivity contribution < 1.29 is 10.2 Å². The summed E-state index contributed by atoms with van der Waals surface area (Å²) >= 11 is 0. The standard InChI is InChI=1S/C11H20O2/c12-10(11(13)9-6-7-9)8-4-2-1-3-5-8/h8-13H,1-7H2. The Labute approximate surface area is 80.0 Å². The minimum Gasteiger partial charge on any atom is -0.390 e. The second-order valence-electron chi connectivity index (χ2n) is 4.72. The molecule has 2 aliphatic carbocycles. The summed E-state index contributed by atoms with van der Waals surface area (Å²) in [7, 11) is 0. The van der Waals surface area contributed by atoms with Gasteiger partial charge in [0.25, 0.3) is 0 Å². The number of hydrogen-bond acceptors (Lipinski definition) is 2. The fourth-order valence-corrected chi connectivity index (χ4v) is 2.47. The highest BCUT2D eigenvalue weighted by atomic mass is 16.3. The van der Waals surface area contributed by atoms with E-state index in [0.29, 0.717) is 11.8 Å². The van der Waals surface area contributed by atoms with Crippen LogP contribution in [0.15, 0.2) is 0 Å². The van der Waals surface area contributed by atoms with E-state index >= 15 is 0 Å². The molecular formula is C11H20O2. The molecule has 2 fully saturated rings. The molecule has 2 rings (SSSR count). The molecule has 2 N–H and O–H groups in total. The first-order valence-electron chi connectivity index (χ1n) is 5.65. The van der Waals surface area contributed by atoms with Crippen LogP contribution in [-0.4, -0.2) is 22.4 Å². The van der Waals surface area contributed by atoms with Gasteiger partial charge in [0.1, 0.15) is 0 Å². The molecule has 0 aromatic carbocycles. The molecule has 0 aliphatic heterocycles. The van der Waals surface area contributed by atoms with Crippen LogP contribution in [0, 0.1) is 11.8 Å². The molecule has 2 heteroatoms. The highest BCUT2D eigenvalue weighted by molar-refractivity contribution is 4.88. The summed E-state index contributed by atoms with van der Waals surface area (Å²) < 4.78 is 0. The molecule has 2 atom stereocenters. The average molecular weight is 184 g/mol. The Kier molecular flexibility index (Phi) is 2.89. The van der Waals surface area contributed by atoms with Crippen LogP contribution in [0.3, 0.4) is 0 Å². The van der Waals surface area contributed by atoms with Gasteiger partial charge in [-0.2, -0.15) is 0 Å². The number of hydrogen-bond donors (Lipinski definition) is 2. The van der Waals surface area contributed by atoms with Crippen LogP contribution >= 0.6 is 0 Å². The van der Waals surface area contributed by atoms with Crippen molar-refractivity contribution in [2.75, 3.05) is 0 Å². The average Bonchev–Trinajstić information content (AvgIpc) is 3.00. The first-order valence-corrected chi connectivity index (χ1v) is 5.65. The third-order valence-corrected chi connectivity index (χ3v) is 3.59. The van der Waals surface area contributed by atoms with Crippen molar-refractivity contribution in [1.29, 1.82) is 0 Å². The maximum absolute atomic E-state index is 9.90. The molecule has 0 aromatic rings. The molecule has 76 valence electrons. The second kappa shape index (κ2) is 3.97. The lowest BCUT2D eigenvalue weighted by Crippen LogP contribution is -2.35. The molecule has 0 amide bonds. The Bertz CT molecular complexity index is 159. The Morgan fingerprint density at radius 3 is 1.62 bits per heavy atom. The van der Waals surface area contributed by atoms with Gasteiger partial charge in [-0.3, -0.25) is 0 Å². The zero-order chi connectivity index (χ0) is 9.26. The third kappa shape index (κ3) is 2.23. The minimum absolute atomic E-state index is 0.379. The summed E-state index contributed by atoms with van der Waals surface area (Å²) in [5.74, 6) is 0.793. The van der Waals surface area contributed by atoms with Crippen LogP contribution in [0.4, 0.5) is 0 Å². The van der Waals surface area contributed by atoms with Crippen LogP contribution in [0.5, 0.6) is 0 Å². The molecule has 2 nitrogen and oxygen atoms in total. The highest BCUT2D eigenvalue weighted by Gasteiger charge is 2.37. The van der Waals surface area contributed by atoms with E-state index < -0.39 is 12.2 Å². The fraction of sp³-hybridized carbons (Fsp3) is 1.00. The predicted octanol–water partition coefficient (Wildman–Crippen LogP) is 1.70. The van der Waals surface area contributed by atoms with E-state index in [-0.39, 0.29) is 0 Å². The lowest BCUT2D eigenvalue weighted by atomic mass is 9.82. The van der Waals surface area contributed by atoms with Crippen molar-refractivity contribution >= 4 is 0 Å². The van der Waals surface area contributed by atoms with Gasteiger partial charge in [-0.25, -0.2) is 0 Å². The zero-order valence-corrected chi connectivity index (χ0v) is 8.15. The SMILES string of the molecule is OC(C1CCCCC1)C(O)C1CC1. The van der Waals surface area contributed by atoms with Gasteiger partial charge in [0.2, 0.25) is 0 Å². The number of aliphatic hydroxyl groups is 2. The smallest absolute Gasteiger partial charge is 0.0829 e. The summed E-state index contributed by atoms with van der Waals surface area (Å²) in [6, 6.07) is 0. The molecule has 2 saturated carbocycles. The minimum atomic E-state index is -0.437. The van der Waals surface area contributed by atoms with Gasteiger partial charge in [0, 0.05) is 0 Å². The van der Waals surface area contributed by atoms with E-state index in [2.05, 4.69) is 0 Å². The van der Waals surface area contributed by atoms with Gasteiger partial charge < -0.3 is 10.2 Å². The summed E-state index contributed by atoms with van der Waals surface area (Å²) in [4.78, 5) is 0. The van der Waals surface area contributed by atoms with Gasteiger partial charge in [0.15, 0.2) is 0 Å². The van der Waals surface area contributed by atoms with Gasteiger partial charge >= 0.3 is 0 Å². The molecule has 0 spiro atoms. The largest absolute Gasteiger partial charge is 0.390 e. The van der Waals surface area contributed by atoms with Crippen molar-refractivity contribution in [3.8, 4) is 0 Å². The van der Waals surface area contributed by atoms with Crippen LogP contribution in [0.1, 0.15) is 44.9 Å². The molecule has 0 bridgehead atoms. The van der Waals surface area contributed by atoms with E-state index in [4.69, 9.17) is 0 Å². The monoisotopic (exact) mass is 184 g/mol. The highest BCUT2D eigenvalue weighted by Crippen LogP contribution is 2.38. The summed E-state index contributed by atoms with van der Waals surface area (Å²) in [6.45, 7) is 0. The Hall–Kier alpha value is -0.0800. The van der Waals surface area contributed by atoms with Crippen LogP contribution in [-0.2, 0) is 0 Å². The first kappa shape index (κ1) is 9.47. The second-order valence-corrected chi connectivity index (χ2v) is 4.72. The lowest BCUT2D eigenvalue weighted by molar-refractivity contribution is -0.0373. The fourth-order valence-electron chi connectivity index (χ4n) is 2.47. The van der Waals surface area contributed by atoms with Gasteiger partial charge in [-0.15, -0.1) is 0 Å². The lowest BCUT2D eigenvalue weighted by Gasteiger charge is -2.29. The van der Waals surface area contributed by atoms with E-state index in [1.54, 1.807) is 0 Å². The molecule has 2 unspecified atom stereocenters. The first-order chi connectivity index (χ1) is 6.29. The quantitative estimate of drug-likeness (QED) is 0.701. The van der Waals surface area contributed by atoms with Gasteiger partial charge in [-0.05, 0) is 37.5 Å². The van der Waals surface area contributed by atoms with Crippen molar-refractivity contribution in [3.05, 3.63) is 0 Å². The van der Waals surface area contributed by atoms with Crippen LogP contribution in [0.25, 0.3) is 0 Å². The number of aliphatic hydroxyl groups excluding tert-OH is 2. The molecule has 0 heterocycles. The summed E-state index contributed by atoms with van der Waals surface area (Å²) in [5.41, 5.74) is 0. The van der Waals surface area contributed by atoms with Crippen LogP contribution < -0.4 is 0 Å². The van der Waals surface area contributed by atoms with Crippen molar-refractivity contribution in [3.63, 3.8) is 0 Å². The maximum atomic E-state index is 9.90. The molecule has 0 radical (unpaired) electrons. The van der Waals surface area contributed by atoms with E-state index in [1.165, 1.54) is 19.3 Å². The van der Waals surface area contributed by atoms with Crippen molar-refractivity contribution in [2.45, 2.75) is 57.2 Å². The molecule has 0 saturated heterocycles. The van der Waals surface area contributed by atoms with E-state index in [9.17, 15) is 10.2 Å². The predicted molar refractivity (Wildman–Crippen MR) is 51.3 cm³/mol. The summed E-state index contributed by atoms with van der Waals surface area (Å²) in [6.07, 6.45) is 7.38. The van der Waals surface area contributed by atoms with E-state index in [0.717, 1.165) is 25.7 Å². The van der Waals surface area contributed by atoms with Crippen molar-refractivity contribution in [2.24, 2.45) is 11.8 Å². The third-order valence-electron chi connectivity index (χ3n) is 3.59. The molecule has 0 aromatic heterocycles. The number of rotatable bonds is 3. The van der Waals surface area contributed by atoms with Gasteiger partial charge in [0.05, 0.1) is 12.2 Å². The Balaban J connectivity index is 1.82. The normalized spacial score (nSPS) is 30.0. The summed E-state index contributed by atoms with van der Waals surface area (Å²) in [5, 5.41) is 19.7. The zero-order valence-electron chi connectivity index (χ0n) is 8.15. The molecular weight excluding hydrogens is 164 g/mol. The van der Waals surface area contributed by atoms with Crippen molar-refractivity contribution in [1.82, 2.24) is 0 Å².